The Morgan fingerprint density at radius 2 is 2.40 bits per heavy atom. The highest BCUT2D eigenvalue weighted by molar-refractivity contribution is 8.41. The molecule has 1 saturated heterocycles. The predicted molar refractivity (Wildman–Crippen MR) is 50.1 cm³/mol. The summed E-state index contributed by atoms with van der Waals surface area (Å²) >= 11 is 3.37. The maximum Gasteiger partial charge on any atom is 0.122 e. The summed E-state index contributed by atoms with van der Waals surface area (Å²) in [6.07, 6.45) is 0. The summed E-state index contributed by atoms with van der Waals surface area (Å²) in [5.41, 5.74) is 0. The third-order valence-electron chi connectivity index (χ3n) is 1.24. The summed E-state index contributed by atoms with van der Waals surface area (Å²) in [4.78, 5) is 2.18. The SMILES string of the molecule is CN(C)C[C@@H]1CSC(=N)S1. The van der Waals surface area contributed by atoms with Crippen molar-refractivity contribution in [1.29, 1.82) is 5.41 Å². The van der Waals surface area contributed by atoms with Crippen LogP contribution in [0.1, 0.15) is 0 Å². The lowest BCUT2D eigenvalue weighted by molar-refractivity contribution is 0.416. The fraction of sp³-hybridized carbons (Fsp3) is 0.833. The van der Waals surface area contributed by atoms with Crippen molar-refractivity contribution in [1.82, 2.24) is 4.90 Å². The van der Waals surface area contributed by atoms with Gasteiger partial charge in [-0.1, -0.05) is 23.5 Å². The lowest BCUT2D eigenvalue weighted by Crippen LogP contribution is -2.23. The van der Waals surface area contributed by atoms with Gasteiger partial charge in [-0.15, -0.1) is 0 Å². The molecule has 1 heterocycles. The number of nitrogens with zero attached hydrogens (tertiary/aromatic N) is 1. The first-order chi connectivity index (χ1) is 4.68. The van der Waals surface area contributed by atoms with Gasteiger partial charge in [0.2, 0.25) is 0 Å². The fourth-order valence-electron chi connectivity index (χ4n) is 0.885. The van der Waals surface area contributed by atoms with Crippen LogP contribution in [0.5, 0.6) is 0 Å². The predicted octanol–water partition coefficient (Wildman–Crippen LogP) is 1.33. The minimum atomic E-state index is 0.646. The van der Waals surface area contributed by atoms with Gasteiger partial charge in [0.15, 0.2) is 0 Å². The van der Waals surface area contributed by atoms with Gasteiger partial charge in [-0.05, 0) is 14.1 Å². The van der Waals surface area contributed by atoms with Gasteiger partial charge in [0.05, 0.1) is 0 Å². The lowest BCUT2D eigenvalue weighted by atomic mass is 10.4. The van der Waals surface area contributed by atoms with E-state index in [0.29, 0.717) is 5.25 Å². The van der Waals surface area contributed by atoms with Crippen molar-refractivity contribution in [3.8, 4) is 0 Å². The molecular formula is C6H12N2S2. The van der Waals surface area contributed by atoms with Gasteiger partial charge in [0.25, 0.3) is 0 Å². The smallest absolute Gasteiger partial charge is 0.122 e. The van der Waals surface area contributed by atoms with Crippen LogP contribution in [-0.4, -0.2) is 40.9 Å². The molecule has 1 atom stereocenters. The van der Waals surface area contributed by atoms with Crippen molar-refractivity contribution in [3.63, 3.8) is 0 Å². The molecule has 0 radical (unpaired) electrons. The zero-order chi connectivity index (χ0) is 7.56. The molecule has 58 valence electrons. The topological polar surface area (TPSA) is 27.1 Å². The fourth-order valence-corrected chi connectivity index (χ4v) is 3.36. The van der Waals surface area contributed by atoms with E-state index in [0.717, 1.165) is 16.7 Å². The molecule has 0 aromatic carbocycles. The van der Waals surface area contributed by atoms with Crippen LogP contribution >= 0.6 is 23.5 Å². The van der Waals surface area contributed by atoms with Crippen molar-refractivity contribution < 1.29 is 0 Å². The Balaban J connectivity index is 2.24. The van der Waals surface area contributed by atoms with Gasteiger partial charge < -0.3 is 4.90 Å². The Morgan fingerprint density at radius 3 is 2.80 bits per heavy atom. The number of nitrogens with one attached hydrogen (secondary N) is 1. The summed E-state index contributed by atoms with van der Waals surface area (Å²) in [5, 5.41) is 7.98. The van der Waals surface area contributed by atoms with Crippen LogP contribution in [0.15, 0.2) is 0 Å². The van der Waals surface area contributed by atoms with Gasteiger partial charge in [-0.2, -0.15) is 0 Å². The molecule has 1 aliphatic rings. The molecule has 1 fully saturated rings. The van der Waals surface area contributed by atoms with Crippen molar-refractivity contribution in [2.75, 3.05) is 26.4 Å². The van der Waals surface area contributed by atoms with Gasteiger partial charge >= 0.3 is 0 Å². The summed E-state index contributed by atoms with van der Waals surface area (Å²) in [7, 11) is 4.15. The third-order valence-corrected chi connectivity index (χ3v) is 3.79. The van der Waals surface area contributed by atoms with Crippen LogP contribution in [0.2, 0.25) is 0 Å². The molecule has 0 unspecified atom stereocenters. The molecule has 0 aliphatic carbocycles. The molecule has 0 amide bonds. The maximum atomic E-state index is 7.33. The minimum absolute atomic E-state index is 0.646. The van der Waals surface area contributed by atoms with Crippen molar-refractivity contribution in [2.45, 2.75) is 5.25 Å². The highest BCUT2D eigenvalue weighted by Gasteiger charge is 2.20. The lowest BCUT2D eigenvalue weighted by Gasteiger charge is -2.12. The van der Waals surface area contributed by atoms with E-state index >= 15 is 0 Å². The highest BCUT2D eigenvalue weighted by atomic mass is 32.2. The first-order valence-electron chi connectivity index (χ1n) is 3.21. The second-order valence-electron chi connectivity index (χ2n) is 2.60. The molecule has 2 nitrogen and oxygen atoms in total. The van der Waals surface area contributed by atoms with E-state index in [1.807, 2.05) is 0 Å². The Labute approximate surface area is 70.2 Å². The maximum absolute atomic E-state index is 7.33. The minimum Gasteiger partial charge on any atom is -0.308 e. The average molecular weight is 176 g/mol. The Hall–Kier alpha value is 0.330. The normalized spacial score (nSPS) is 26.3. The number of hydrogen-bond donors (Lipinski definition) is 1. The molecule has 0 saturated carbocycles. The molecule has 0 aromatic heterocycles. The van der Waals surface area contributed by atoms with Crippen molar-refractivity contribution >= 4 is 27.9 Å². The molecular weight excluding hydrogens is 164 g/mol. The zero-order valence-corrected chi connectivity index (χ0v) is 7.89. The molecule has 1 aliphatic heterocycles. The van der Waals surface area contributed by atoms with Crippen LogP contribution in [0.4, 0.5) is 0 Å². The largest absolute Gasteiger partial charge is 0.308 e. The Kier molecular flexibility index (Phi) is 3.07. The van der Waals surface area contributed by atoms with Crippen LogP contribution in [0.25, 0.3) is 0 Å². The van der Waals surface area contributed by atoms with E-state index in [4.69, 9.17) is 5.41 Å². The van der Waals surface area contributed by atoms with E-state index in [-0.39, 0.29) is 0 Å². The van der Waals surface area contributed by atoms with E-state index < -0.39 is 0 Å². The number of rotatable bonds is 2. The summed E-state index contributed by atoms with van der Waals surface area (Å²) < 4.78 is 0.784. The van der Waals surface area contributed by atoms with Crippen LogP contribution < -0.4 is 0 Å². The summed E-state index contributed by atoms with van der Waals surface area (Å²) in [6.45, 7) is 1.10. The van der Waals surface area contributed by atoms with Crippen LogP contribution in [0.3, 0.4) is 0 Å². The molecule has 0 bridgehead atoms. The zero-order valence-electron chi connectivity index (χ0n) is 6.26. The Bertz CT molecular complexity index is 136. The molecule has 1 N–H and O–H groups in total. The average Bonchev–Trinajstić information content (AvgIpc) is 2.13. The van der Waals surface area contributed by atoms with Crippen molar-refractivity contribution in [2.24, 2.45) is 0 Å². The van der Waals surface area contributed by atoms with E-state index in [1.165, 1.54) is 0 Å². The Morgan fingerprint density at radius 1 is 1.70 bits per heavy atom. The highest BCUT2D eigenvalue weighted by Crippen LogP contribution is 2.31. The number of hydrogen-bond acceptors (Lipinski definition) is 4. The van der Waals surface area contributed by atoms with E-state index in [2.05, 4.69) is 19.0 Å². The van der Waals surface area contributed by atoms with Crippen LogP contribution in [-0.2, 0) is 0 Å². The van der Waals surface area contributed by atoms with Crippen molar-refractivity contribution in [3.05, 3.63) is 0 Å². The monoisotopic (exact) mass is 176 g/mol. The standard InChI is InChI=1S/C6H12N2S2/c1-8(2)3-5-4-9-6(7)10-5/h5,7H,3-4H2,1-2H3/t5-/m1/s1. The summed E-state index contributed by atoms with van der Waals surface area (Å²) in [5.74, 6) is 1.11. The molecule has 0 spiro atoms. The van der Waals surface area contributed by atoms with Gasteiger partial charge in [0, 0.05) is 17.5 Å². The van der Waals surface area contributed by atoms with Crippen LogP contribution in [0, 0.1) is 5.41 Å². The third kappa shape index (κ3) is 2.52. The first kappa shape index (κ1) is 8.43. The molecule has 0 aromatic rings. The number of thioether (sulfide) groups is 2. The molecule has 1 rings (SSSR count). The summed E-state index contributed by atoms with van der Waals surface area (Å²) in [6, 6.07) is 0. The van der Waals surface area contributed by atoms with E-state index in [9.17, 15) is 0 Å². The second-order valence-corrected chi connectivity index (χ2v) is 5.20. The second kappa shape index (κ2) is 3.64. The van der Waals surface area contributed by atoms with Gasteiger partial charge in [-0.25, -0.2) is 0 Å². The van der Waals surface area contributed by atoms with Gasteiger partial charge in [0.1, 0.15) is 4.38 Å². The first-order valence-corrected chi connectivity index (χ1v) is 5.08. The molecule has 4 heteroatoms. The quantitative estimate of drug-likeness (QED) is 0.688. The molecule has 10 heavy (non-hydrogen) atoms. The van der Waals surface area contributed by atoms with E-state index in [1.54, 1.807) is 23.5 Å². The van der Waals surface area contributed by atoms with Gasteiger partial charge in [-0.3, -0.25) is 5.41 Å².